The fourth-order valence-electron chi connectivity index (χ4n) is 3.96. The predicted molar refractivity (Wildman–Crippen MR) is 129 cm³/mol. The molecule has 1 saturated heterocycles. The van der Waals surface area contributed by atoms with Crippen LogP contribution in [-0.2, 0) is 18.9 Å². The summed E-state index contributed by atoms with van der Waals surface area (Å²) >= 11 is 0. The van der Waals surface area contributed by atoms with Crippen LogP contribution >= 0.6 is 0 Å². The lowest BCUT2D eigenvalue weighted by Crippen LogP contribution is -2.50. The zero-order chi connectivity index (χ0) is 27.4. The lowest BCUT2D eigenvalue weighted by Gasteiger charge is -2.38. The Balaban J connectivity index is 1.39. The first-order chi connectivity index (χ1) is 18.1. The van der Waals surface area contributed by atoms with Gasteiger partial charge in [0.05, 0.1) is 17.9 Å². The average molecular weight is 537 g/mol. The van der Waals surface area contributed by atoms with E-state index >= 15 is 0 Å². The van der Waals surface area contributed by atoms with E-state index in [4.69, 9.17) is 18.9 Å². The van der Waals surface area contributed by atoms with E-state index in [2.05, 4.69) is 14.8 Å². The number of carbonyl (C=O) groups excluding carboxylic acids is 1. The van der Waals surface area contributed by atoms with Crippen LogP contribution in [0.15, 0.2) is 54.9 Å². The van der Waals surface area contributed by atoms with E-state index < -0.39 is 24.8 Å². The zero-order valence-corrected chi connectivity index (χ0v) is 21.1. The SMILES string of the molecule is CO[C@@H]1C[C@@H](OC)[C@H](C)O[C@H]1OC(=O)N(C)c1ccc(-c2ncn(-c3ccc(OC(F)(F)F)cc3)n2)cc1. The molecular formula is C25H27F3N4O6. The molecule has 0 saturated carbocycles. The van der Waals surface area contributed by atoms with Crippen molar-refractivity contribution in [1.29, 1.82) is 0 Å². The summed E-state index contributed by atoms with van der Waals surface area (Å²) in [5.41, 5.74) is 1.73. The fourth-order valence-corrected chi connectivity index (χ4v) is 3.96. The molecule has 204 valence electrons. The number of methoxy groups -OCH3 is 2. The smallest absolute Gasteiger partial charge is 0.416 e. The first-order valence-corrected chi connectivity index (χ1v) is 11.6. The van der Waals surface area contributed by atoms with Crippen LogP contribution in [0.3, 0.4) is 0 Å². The Kier molecular flexibility index (Phi) is 8.19. The largest absolute Gasteiger partial charge is 0.573 e. The summed E-state index contributed by atoms with van der Waals surface area (Å²) in [4.78, 5) is 18.4. The van der Waals surface area contributed by atoms with Crippen molar-refractivity contribution >= 4 is 11.8 Å². The van der Waals surface area contributed by atoms with E-state index in [1.165, 1.54) is 47.3 Å². The molecule has 1 amide bonds. The van der Waals surface area contributed by atoms with Crippen molar-refractivity contribution in [2.24, 2.45) is 0 Å². The standard InChI is InChI=1S/C25H27F3N4O6/c1-15-20(34-3)13-21(35-4)23(36-15)37-24(33)31(2)17-7-5-16(6-8-17)22-29-14-32(30-22)18-9-11-19(12-10-18)38-25(26,27)28/h5-12,14-15,20-21,23H,13H2,1-4H3/t15-,20+,21+,23-/m0/s1. The van der Waals surface area contributed by atoms with E-state index in [9.17, 15) is 18.0 Å². The summed E-state index contributed by atoms with van der Waals surface area (Å²) in [5, 5.41) is 4.38. The van der Waals surface area contributed by atoms with Crippen molar-refractivity contribution in [3.63, 3.8) is 0 Å². The van der Waals surface area contributed by atoms with Gasteiger partial charge in [-0.3, -0.25) is 4.90 Å². The van der Waals surface area contributed by atoms with E-state index in [1.54, 1.807) is 38.4 Å². The van der Waals surface area contributed by atoms with Gasteiger partial charge in [-0.15, -0.1) is 18.3 Å². The van der Waals surface area contributed by atoms with Crippen LogP contribution in [-0.4, -0.2) is 73.1 Å². The van der Waals surface area contributed by atoms with Gasteiger partial charge in [-0.2, -0.15) is 0 Å². The molecule has 0 spiro atoms. The number of hydrogen-bond acceptors (Lipinski definition) is 8. The maximum Gasteiger partial charge on any atom is 0.573 e. The van der Waals surface area contributed by atoms with Crippen molar-refractivity contribution < 1.29 is 41.7 Å². The highest BCUT2D eigenvalue weighted by atomic mass is 19.4. The second-order valence-electron chi connectivity index (χ2n) is 8.54. The van der Waals surface area contributed by atoms with Gasteiger partial charge in [0, 0.05) is 38.9 Å². The molecule has 1 aliphatic rings. The lowest BCUT2D eigenvalue weighted by atomic mass is 10.0. The molecule has 4 rings (SSSR count). The van der Waals surface area contributed by atoms with Crippen molar-refractivity contribution in [2.45, 2.75) is 44.3 Å². The first-order valence-electron chi connectivity index (χ1n) is 11.6. The van der Waals surface area contributed by atoms with Crippen LogP contribution in [0.5, 0.6) is 5.75 Å². The maximum absolute atomic E-state index is 12.8. The Labute approximate surface area is 216 Å². The number of halogens is 3. The summed E-state index contributed by atoms with van der Waals surface area (Å²) in [6.45, 7) is 1.84. The van der Waals surface area contributed by atoms with Gasteiger partial charge in [0.15, 0.2) is 5.82 Å². The molecule has 1 fully saturated rings. The third-order valence-corrected chi connectivity index (χ3v) is 6.08. The van der Waals surface area contributed by atoms with Gasteiger partial charge >= 0.3 is 12.5 Å². The lowest BCUT2D eigenvalue weighted by molar-refractivity contribution is -0.274. The summed E-state index contributed by atoms with van der Waals surface area (Å²) in [7, 11) is 4.69. The quantitative estimate of drug-likeness (QED) is 0.433. The Hall–Kier alpha value is -3.68. The highest BCUT2D eigenvalue weighted by Crippen LogP contribution is 2.27. The minimum absolute atomic E-state index is 0.167. The number of rotatable bonds is 7. The molecule has 3 aromatic rings. The summed E-state index contributed by atoms with van der Waals surface area (Å²) in [5.74, 6) is 0.0546. The number of hydrogen-bond donors (Lipinski definition) is 0. The van der Waals surface area contributed by atoms with Gasteiger partial charge in [-0.25, -0.2) is 14.5 Å². The highest BCUT2D eigenvalue weighted by molar-refractivity contribution is 5.87. The number of benzene rings is 2. The molecule has 13 heteroatoms. The Morgan fingerprint density at radius 1 is 1.05 bits per heavy atom. The fraction of sp³-hybridized carbons (Fsp3) is 0.400. The molecule has 1 aliphatic heterocycles. The summed E-state index contributed by atoms with van der Waals surface area (Å²) in [6, 6.07) is 12.1. The van der Waals surface area contributed by atoms with Crippen LogP contribution in [0.25, 0.3) is 17.1 Å². The van der Waals surface area contributed by atoms with Gasteiger partial charge < -0.3 is 23.7 Å². The monoisotopic (exact) mass is 536 g/mol. The highest BCUT2D eigenvalue weighted by Gasteiger charge is 2.39. The normalized spacial score (nSPS) is 21.7. The number of anilines is 1. The topological polar surface area (TPSA) is 97.2 Å². The minimum atomic E-state index is -4.76. The number of amides is 1. The van der Waals surface area contributed by atoms with Crippen LogP contribution in [0.2, 0.25) is 0 Å². The Morgan fingerprint density at radius 3 is 2.32 bits per heavy atom. The molecule has 10 nitrogen and oxygen atoms in total. The maximum atomic E-state index is 12.8. The van der Waals surface area contributed by atoms with Crippen molar-refractivity contribution in [2.75, 3.05) is 26.2 Å². The van der Waals surface area contributed by atoms with Crippen LogP contribution in [0, 0.1) is 0 Å². The molecule has 0 bridgehead atoms. The Morgan fingerprint density at radius 2 is 1.71 bits per heavy atom. The molecule has 2 aromatic carbocycles. The Bertz CT molecular complexity index is 1220. The van der Waals surface area contributed by atoms with Gasteiger partial charge in [-0.05, 0) is 55.5 Å². The molecule has 0 N–H and O–H groups in total. The second kappa shape index (κ2) is 11.4. The van der Waals surface area contributed by atoms with Crippen LogP contribution in [0.4, 0.5) is 23.7 Å². The number of ether oxygens (including phenoxy) is 5. The van der Waals surface area contributed by atoms with Crippen molar-refractivity contribution in [3.8, 4) is 22.8 Å². The van der Waals surface area contributed by atoms with Crippen molar-refractivity contribution in [1.82, 2.24) is 14.8 Å². The molecule has 38 heavy (non-hydrogen) atoms. The third-order valence-electron chi connectivity index (χ3n) is 6.08. The third kappa shape index (κ3) is 6.41. The number of aromatic nitrogens is 3. The molecule has 2 heterocycles. The van der Waals surface area contributed by atoms with Crippen molar-refractivity contribution in [3.05, 3.63) is 54.9 Å². The van der Waals surface area contributed by atoms with Gasteiger partial charge in [0.25, 0.3) is 0 Å². The molecule has 0 radical (unpaired) electrons. The molecule has 1 aromatic heterocycles. The first kappa shape index (κ1) is 27.4. The summed E-state index contributed by atoms with van der Waals surface area (Å²) < 4.78 is 64.6. The summed E-state index contributed by atoms with van der Waals surface area (Å²) in [6.07, 6.45) is -5.20. The number of nitrogens with zero attached hydrogens (tertiary/aromatic N) is 4. The number of carbonyl (C=O) groups is 1. The van der Waals surface area contributed by atoms with Gasteiger partial charge in [-0.1, -0.05) is 0 Å². The number of alkyl halides is 3. The average Bonchev–Trinajstić information content (AvgIpc) is 3.38. The van der Waals surface area contributed by atoms with E-state index in [-0.39, 0.29) is 18.0 Å². The van der Waals surface area contributed by atoms with E-state index in [1.807, 2.05) is 6.92 Å². The van der Waals surface area contributed by atoms with Crippen LogP contribution < -0.4 is 9.64 Å². The van der Waals surface area contributed by atoms with Crippen LogP contribution in [0.1, 0.15) is 13.3 Å². The second-order valence-corrected chi connectivity index (χ2v) is 8.54. The zero-order valence-electron chi connectivity index (χ0n) is 21.1. The molecule has 0 aliphatic carbocycles. The predicted octanol–water partition coefficient (Wildman–Crippen LogP) is 4.57. The van der Waals surface area contributed by atoms with Gasteiger partial charge in [0.2, 0.25) is 6.29 Å². The molecule has 4 atom stereocenters. The van der Waals surface area contributed by atoms with Gasteiger partial charge in [0.1, 0.15) is 18.2 Å². The minimum Gasteiger partial charge on any atom is -0.416 e. The van der Waals surface area contributed by atoms with E-state index in [0.29, 0.717) is 29.2 Å². The van der Waals surface area contributed by atoms with E-state index in [0.717, 1.165) is 0 Å². The molecular weight excluding hydrogens is 509 g/mol. The molecule has 0 unspecified atom stereocenters.